The number of thioether (sulfide) groups is 1. The van der Waals surface area contributed by atoms with Gasteiger partial charge in [-0.05, 0) is 43.2 Å². The number of ether oxygens (including phenoxy) is 1. The minimum atomic E-state index is -0.563. The zero-order valence-corrected chi connectivity index (χ0v) is 18.8. The fourth-order valence-corrected chi connectivity index (χ4v) is 4.22. The SMILES string of the molecule is COc1ccc2c(C)cc3nnc(SC(C)C(=O)NC(=O)NCc4ccccc4)n3c2c1. The van der Waals surface area contributed by atoms with Crippen molar-refractivity contribution in [3.63, 3.8) is 0 Å². The van der Waals surface area contributed by atoms with E-state index in [0.29, 0.717) is 17.3 Å². The van der Waals surface area contributed by atoms with E-state index in [2.05, 4.69) is 20.8 Å². The van der Waals surface area contributed by atoms with Crippen LogP contribution in [0.3, 0.4) is 0 Å². The highest BCUT2D eigenvalue weighted by molar-refractivity contribution is 8.00. The predicted octanol–water partition coefficient (Wildman–Crippen LogP) is 3.71. The largest absolute Gasteiger partial charge is 0.497 e. The first kappa shape index (κ1) is 21.6. The standard InChI is InChI=1S/C23H23N5O3S/c1-14-11-20-26-27-23(28(20)19-12-17(31-3)9-10-18(14)19)32-15(2)21(29)25-22(30)24-13-16-7-5-4-6-8-16/h4-12,15H,13H2,1-3H3,(H2,24,25,29,30). The molecule has 1 unspecified atom stereocenters. The molecular formula is C23H23N5O3S. The first-order chi connectivity index (χ1) is 15.5. The Balaban J connectivity index is 1.49. The van der Waals surface area contributed by atoms with E-state index in [1.807, 2.05) is 65.9 Å². The molecule has 2 aromatic heterocycles. The Morgan fingerprint density at radius 3 is 2.66 bits per heavy atom. The third-order valence-corrected chi connectivity index (χ3v) is 6.10. The van der Waals surface area contributed by atoms with Crippen molar-refractivity contribution in [1.82, 2.24) is 25.2 Å². The number of urea groups is 1. The molecule has 2 heterocycles. The Labute approximate surface area is 189 Å². The van der Waals surface area contributed by atoms with Gasteiger partial charge < -0.3 is 10.1 Å². The zero-order valence-electron chi connectivity index (χ0n) is 18.0. The van der Waals surface area contributed by atoms with Crippen LogP contribution in [-0.4, -0.2) is 38.9 Å². The number of hydrogen-bond donors (Lipinski definition) is 2. The quantitative estimate of drug-likeness (QED) is 0.436. The predicted molar refractivity (Wildman–Crippen MR) is 124 cm³/mol. The molecular weight excluding hydrogens is 426 g/mol. The van der Waals surface area contributed by atoms with Gasteiger partial charge in [-0.1, -0.05) is 42.1 Å². The van der Waals surface area contributed by atoms with Gasteiger partial charge in [0, 0.05) is 18.0 Å². The van der Waals surface area contributed by atoms with Gasteiger partial charge in [-0.25, -0.2) is 4.79 Å². The Kier molecular flexibility index (Phi) is 6.27. The summed E-state index contributed by atoms with van der Waals surface area (Å²) in [5.41, 5.74) is 3.59. The van der Waals surface area contributed by atoms with Crippen LogP contribution in [-0.2, 0) is 11.3 Å². The summed E-state index contributed by atoms with van der Waals surface area (Å²) in [6, 6.07) is 16.7. The Morgan fingerprint density at radius 2 is 1.91 bits per heavy atom. The van der Waals surface area contributed by atoms with Crippen LogP contribution in [0.4, 0.5) is 4.79 Å². The molecule has 2 N–H and O–H groups in total. The molecule has 0 saturated carbocycles. The number of carbonyl (C=O) groups excluding carboxylic acids is 2. The van der Waals surface area contributed by atoms with Crippen molar-refractivity contribution in [2.45, 2.75) is 30.8 Å². The van der Waals surface area contributed by atoms with Crippen molar-refractivity contribution in [3.8, 4) is 5.75 Å². The molecule has 164 valence electrons. The molecule has 32 heavy (non-hydrogen) atoms. The van der Waals surface area contributed by atoms with E-state index < -0.39 is 17.2 Å². The van der Waals surface area contributed by atoms with E-state index in [-0.39, 0.29) is 0 Å². The highest BCUT2D eigenvalue weighted by Gasteiger charge is 2.21. The van der Waals surface area contributed by atoms with E-state index in [0.717, 1.165) is 27.8 Å². The number of aryl methyl sites for hydroxylation is 1. The maximum Gasteiger partial charge on any atom is 0.321 e. The van der Waals surface area contributed by atoms with Crippen LogP contribution in [0.5, 0.6) is 5.75 Å². The van der Waals surface area contributed by atoms with Gasteiger partial charge >= 0.3 is 6.03 Å². The fourth-order valence-electron chi connectivity index (χ4n) is 3.35. The van der Waals surface area contributed by atoms with Crippen LogP contribution in [0, 0.1) is 6.92 Å². The monoisotopic (exact) mass is 449 g/mol. The molecule has 0 bridgehead atoms. The summed E-state index contributed by atoms with van der Waals surface area (Å²) in [5, 5.41) is 14.6. The molecule has 1 atom stereocenters. The summed E-state index contributed by atoms with van der Waals surface area (Å²) >= 11 is 1.23. The summed E-state index contributed by atoms with van der Waals surface area (Å²) in [5.74, 6) is 0.307. The van der Waals surface area contributed by atoms with Crippen molar-refractivity contribution in [3.05, 3.63) is 65.7 Å². The van der Waals surface area contributed by atoms with Gasteiger partial charge in [0.05, 0.1) is 17.9 Å². The highest BCUT2D eigenvalue weighted by Crippen LogP contribution is 2.30. The smallest absolute Gasteiger partial charge is 0.321 e. The second-order valence-corrected chi connectivity index (χ2v) is 8.61. The number of carbonyl (C=O) groups is 2. The lowest BCUT2D eigenvalue weighted by Gasteiger charge is -2.12. The maximum absolute atomic E-state index is 12.6. The fraction of sp³-hybridized carbons (Fsp3) is 0.217. The number of aromatic nitrogens is 3. The topological polar surface area (TPSA) is 97.6 Å². The Morgan fingerprint density at radius 1 is 1.12 bits per heavy atom. The van der Waals surface area contributed by atoms with Crippen molar-refractivity contribution >= 4 is 40.3 Å². The maximum atomic E-state index is 12.6. The molecule has 4 aromatic rings. The number of pyridine rings is 1. The van der Waals surface area contributed by atoms with Crippen LogP contribution >= 0.6 is 11.8 Å². The van der Waals surface area contributed by atoms with Gasteiger partial charge in [0.25, 0.3) is 0 Å². The molecule has 0 aliphatic rings. The van der Waals surface area contributed by atoms with E-state index in [4.69, 9.17) is 4.74 Å². The van der Waals surface area contributed by atoms with Crippen molar-refractivity contribution in [2.24, 2.45) is 0 Å². The van der Waals surface area contributed by atoms with Gasteiger partial charge in [0.2, 0.25) is 5.91 Å². The summed E-state index contributed by atoms with van der Waals surface area (Å²) in [4.78, 5) is 24.7. The van der Waals surface area contributed by atoms with E-state index in [9.17, 15) is 9.59 Å². The second-order valence-electron chi connectivity index (χ2n) is 7.30. The average molecular weight is 450 g/mol. The van der Waals surface area contributed by atoms with Crippen LogP contribution in [0.15, 0.2) is 59.8 Å². The molecule has 0 aliphatic carbocycles. The third kappa shape index (κ3) is 4.52. The molecule has 0 aliphatic heterocycles. The number of imide groups is 1. The summed E-state index contributed by atoms with van der Waals surface area (Å²) in [6.45, 7) is 4.08. The van der Waals surface area contributed by atoms with Gasteiger partial charge in [0.15, 0.2) is 10.8 Å². The number of amides is 3. The molecule has 2 aromatic carbocycles. The number of hydrogen-bond acceptors (Lipinski definition) is 6. The normalized spacial score (nSPS) is 12.0. The van der Waals surface area contributed by atoms with Crippen molar-refractivity contribution in [2.75, 3.05) is 7.11 Å². The molecule has 4 rings (SSSR count). The lowest BCUT2D eigenvalue weighted by atomic mass is 10.1. The summed E-state index contributed by atoms with van der Waals surface area (Å²) in [7, 11) is 1.62. The summed E-state index contributed by atoms with van der Waals surface area (Å²) < 4.78 is 7.27. The van der Waals surface area contributed by atoms with Gasteiger partial charge in [-0.2, -0.15) is 0 Å². The second kappa shape index (κ2) is 9.27. The first-order valence-electron chi connectivity index (χ1n) is 10.1. The number of methoxy groups -OCH3 is 1. The molecule has 9 heteroatoms. The van der Waals surface area contributed by atoms with Gasteiger partial charge in [0.1, 0.15) is 5.75 Å². The van der Waals surface area contributed by atoms with Crippen LogP contribution in [0.25, 0.3) is 16.6 Å². The first-order valence-corrected chi connectivity index (χ1v) is 11.0. The van der Waals surface area contributed by atoms with Crippen molar-refractivity contribution < 1.29 is 14.3 Å². The lowest BCUT2D eigenvalue weighted by molar-refractivity contribution is -0.119. The molecule has 0 radical (unpaired) electrons. The minimum Gasteiger partial charge on any atom is -0.497 e. The van der Waals surface area contributed by atoms with Crippen LogP contribution in [0.2, 0.25) is 0 Å². The Hall–Kier alpha value is -3.59. The average Bonchev–Trinajstić information content (AvgIpc) is 3.20. The van der Waals surface area contributed by atoms with E-state index in [1.165, 1.54) is 11.8 Å². The Bertz CT molecular complexity index is 1290. The van der Waals surface area contributed by atoms with Crippen LogP contribution in [0.1, 0.15) is 18.1 Å². The highest BCUT2D eigenvalue weighted by atomic mass is 32.2. The van der Waals surface area contributed by atoms with Gasteiger partial charge in [-0.3, -0.25) is 14.5 Å². The van der Waals surface area contributed by atoms with Crippen molar-refractivity contribution in [1.29, 1.82) is 0 Å². The molecule has 8 nitrogen and oxygen atoms in total. The number of benzene rings is 2. The lowest BCUT2D eigenvalue weighted by Crippen LogP contribution is -2.42. The molecule has 0 spiro atoms. The number of fused-ring (bicyclic) bond motifs is 3. The number of rotatable bonds is 6. The minimum absolute atomic E-state index is 0.337. The third-order valence-electron chi connectivity index (χ3n) is 5.06. The number of nitrogens with zero attached hydrogens (tertiary/aromatic N) is 3. The summed E-state index contributed by atoms with van der Waals surface area (Å²) in [6.07, 6.45) is 0. The number of nitrogens with one attached hydrogen (secondary N) is 2. The molecule has 0 saturated heterocycles. The van der Waals surface area contributed by atoms with Crippen LogP contribution < -0.4 is 15.4 Å². The molecule has 3 amide bonds. The zero-order chi connectivity index (χ0) is 22.7. The molecule has 0 fully saturated rings. The van der Waals surface area contributed by atoms with E-state index >= 15 is 0 Å². The van der Waals surface area contributed by atoms with E-state index in [1.54, 1.807) is 14.0 Å². The van der Waals surface area contributed by atoms with Gasteiger partial charge in [-0.15, -0.1) is 10.2 Å².